The summed E-state index contributed by atoms with van der Waals surface area (Å²) in [7, 11) is -2.99. The first-order chi connectivity index (χ1) is 10.6. The topological polar surface area (TPSA) is 90.9 Å². The zero-order chi connectivity index (χ0) is 17.3. The Morgan fingerprint density at radius 3 is 2.30 bits per heavy atom. The second-order valence-electron chi connectivity index (χ2n) is 6.48. The molecular weight excluding hydrogens is 332 g/mol. The molecule has 2 aromatic rings. The standard InChI is InChI=1S/C15H22N4O2S2/c1-15(2,3)12-7-5-11(6-8-12)13-17-18-14(19(13)16)22-9-10-23(4,20)21/h5-8H,9-10,16H2,1-4H3. The average Bonchev–Trinajstić information content (AvgIpc) is 2.78. The summed E-state index contributed by atoms with van der Waals surface area (Å²) in [5, 5.41) is 8.65. The Morgan fingerprint density at radius 1 is 1.17 bits per heavy atom. The summed E-state index contributed by atoms with van der Waals surface area (Å²) >= 11 is 1.28. The minimum absolute atomic E-state index is 0.0835. The molecule has 0 unspecified atom stereocenters. The third kappa shape index (κ3) is 4.71. The maximum atomic E-state index is 11.2. The number of hydrogen-bond acceptors (Lipinski definition) is 6. The van der Waals surface area contributed by atoms with Gasteiger partial charge < -0.3 is 5.84 Å². The summed E-state index contributed by atoms with van der Waals surface area (Å²) in [6.45, 7) is 6.47. The van der Waals surface area contributed by atoms with E-state index >= 15 is 0 Å². The lowest BCUT2D eigenvalue weighted by molar-refractivity contribution is 0.590. The molecule has 6 nitrogen and oxygen atoms in total. The van der Waals surface area contributed by atoms with Gasteiger partial charge in [0.05, 0.1) is 5.75 Å². The van der Waals surface area contributed by atoms with E-state index in [4.69, 9.17) is 5.84 Å². The van der Waals surface area contributed by atoms with Gasteiger partial charge in [-0.05, 0) is 11.0 Å². The predicted molar refractivity (Wildman–Crippen MR) is 94.7 cm³/mol. The Hall–Kier alpha value is -1.54. The molecule has 1 heterocycles. The Kier molecular flexibility index (Phi) is 5.05. The van der Waals surface area contributed by atoms with E-state index in [0.29, 0.717) is 16.7 Å². The lowest BCUT2D eigenvalue weighted by Gasteiger charge is -2.19. The number of benzene rings is 1. The Bertz CT molecular complexity index is 775. The van der Waals surface area contributed by atoms with Gasteiger partial charge in [0.1, 0.15) is 9.84 Å². The van der Waals surface area contributed by atoms with E-state index in [1.54, 1.807) is 0 Å². The predicted octanol–water partition coefficient (Wildman–Crippen LogP) is 2.09. The van der Waals surface area contributed by atoms with Crippen molar-refractivity contribution in [1.82, 2.24) is 14.9 Å². The van der Waals surface area contributed by atoms with Crippen LogP contribution in [0.3, 0.4) is 0 Å². The zero-order valence-corrected chi connectivity index (χ0v) is 15.4. The molecule has 1 aromatic carbocycles. The molecule has 0 aliphatic rings. The highest BCUT2D eigenvalue weighted by atomic mass is 32.2. The van der Waals surface area contributed by atoms with Gasteiger partial charge in [-0.3, -0.25) is 0 Å². The molecule has 0 saturated heterocycles. The van der Waals surface area contributed by atoms with E-state index < -0.39 is 9.84 Å². The van der Waals surface area contributed by atoms with E-state index in [9.17, 15) is 8.42 Å². The van der Waals surface area contributed by atoms with Crippen LogP contribution in [0, 0.1) is 0 Å². The molecule has 0 bridgehead atoms. The number of nitrogen functional groups attached to an aromatic ring is 1. The number of nitrogens with zero attached hydrogens (tertiary/aromatic N) is 3. The van der Waals surface area contributed by atoms with Crippen LogP contribution in [-0.4, -0.2) is 41.1 Å². The summed E-state index contributed by atoms with van der Waals surface area (Å²) in [5.41, 5.74) is 2.19. The Morgan fingerprint density at radius 2 is 1.78 bits per heavy atom. The molecule has 1 aromatic heterocycles. The van der Waals surface area contributed by atoms with Crippen LogP contribution in [0.4, 0.5) is 0 Å². The molecule has 0 radical (unpaired) electrons. The van der Waals surface area contributed by atoms with E-state index in [1.165, 1.54) is 28.3 Å². The van der Waals surface area contributed by atoms with Crippen molar-refractivity contribution in [2.75, 3.05) is 23.6 Å². The molecule has 23 heavy (non-hydrogen) atoms. The normalized spacial score (nSPS) is 12.5. The van der Waals surface area contributed by atoms with Crippen LogP contribution in [0.25, 0.3) is 11.4 Å². The van der Waals surface area contributed by atoms with E-state index in [-0.39, 0.29) is 11.2 Å². The van der Waals surface area contributed by atoms with Gasteiger partial charge in [-0.2, -0.15) is 0 Å². The largest absolute Gasteiger partial charge is 0.335 e. The highest BCUT2D eigenvalue weighted by Gasteiger charge is 2.16. The molecule has 8 heteroatoms. The van der Waals surface area contributed by atoms with Gasteiger partial charge in [-0.25, -0.2) is 13.1 Å². The molecule has 0 amide bonds. The minimum atomic E-state index is -2.99. The fourth-order valence-corrected chi connectivity index (χ4v) is 4.03. The van der Waals surface area contributed by atoms with Crippen molar-refractivity contribution in [3.05, 3.63) is 29.8 Å². The van der Waals surface area contributed by atoms with Crippen LogP contribution in [0.2, 0.25) is 0 Å². The van der Waals surface area contributed by atoms with Crippen molar-refractivity contribution < 1.29 is 8.42 Å². The summed E-state index contributed by atoms with van der Waals surface area (Å²) in [6.07, 6.45) is 1.21. The van der Waals surface area contributed by atoms with Crippen LogP contribution < -0.4 is 5.84 Å². The van der Waals surface area contributed by atoms with Gasteiger partial charge in [-0.15, -0.1) is 10.2 Å². The third-order valence-electron chi connectivity index (χ3n) is 3.36. The van der Waals surface area contributed by atoms with Crippen molar-refractivity contribution >= 4 is 21.6 Å². The van der Waals surface area contributed by atoms with Gasteiger partial charge in [-0.1, -0.05) is 56.8 Å². The van der Waals surface area contributed by atoms with Crippen LogP contribution >= 0.6 is 11.8 Å². The van der Waals surface area contributed by atoms with Crippen molar-refractivity contribution in [1.29, 1.82) is 0 Å². The van der Waals surface area contributed by atoms with E-state index in [1.807, 2.05) is 12.1 Å². The third-order valence-corrected chi connectivity index (χ3v) is 5.51. The molecule has 2 rings (SSSR count). The zero-order valence-electron chi connectivity index (χ0n) is 13.8. The van der Waals surface area contributed by atoms with Crippen molar-refractivity contribution in [3.8, 4) is 11.4 Å². The molecule has 126 valence electrons. The molecule has 0 spiro atoms. The van der Waals surface area contributed by atoms with Crippen molar-refractivity contribution in [2.45, 2.75) is 31.3 Å². The molecule has 0 fully saturated rings. The van der Waals surface area contributed by atoms with Gasteiger partial charge >= 0.3 is 0 Å². The fraction of sp³-hybridized carbons (Fsp3) is 0.467. The maximum Gasteiger partial charge on any atom is 0.210 e. The van der Waals surface area contributed by atoms with Crippen LogP contribution in [-0.2, 0) is 15.3 Å². The molecule has 2 N–H and O–H groups in total. The van der Waals surface area contributed by atoms with E-state index in [0.717, 1.165) is 5.56 Å². The second kappa shape index (κ2) is 6.52. The lowest BCUT2D eigenvalue weighted by Crippen LogP contribution is -2.13. The molecule has 0 atom stereocenters. The highest BCUT2D eigenvalue weighted by Crippen LogP contribution is 2.26. The second-order valence-corrected chi connectivity index (χ2v) is 9.80. The number of thioether (sulfide) groups is 1. The number of aromatic nitrogens is 3. The first-order valence-electron chi connectivity index (χ1n) is 7.20. The summed E-state index contributed by atoms with van der Waals surface area (Å²) in [4.78, 5) is 0. The maximum absolute atomic E-state index is 11.2. The van der Waals surface area contributed by atoms with Gasteiger partial charge in [0.2, 0.25) is 5.16 Å². The quantitative estimate of drug-likeness (QED) is 0.653. The van der Waals surface area contributed by atoms with Gasteiger partial charge in [0.25, 0.3) is 0 Å². The molecule has 0 saturated carbocycles. The van der Waals surface area contributed by atoms with Crippen molar-refractivity contribution in [2.24, 2.45) is 0 Å². The van der Waals surface area contributed by atoms with Crippen LogP contribution in [0.5, 0.6) is 0 Å². The summed E-state index contributed by atoms with van der Waals surface area (Å²) in [6, 6.07) is 8.05. The average molecular weight is 355 g/mol. The van der Waals surface area contributed by atoms with Crippen LogP contribution in [0.1, 0.15) is 26.3 Å². The molecule has 0 aliphatic heterocycles. The molecular formula is C15H22N4O2S2. The monoisotopic (exact) mass is 354 g/mol. The SMILES string of the molecule is CC(C)(C)c1ccc(-c2nnc(SCCS(C)(=O)=O)n2N)cc1. The Balaban J connectivity index is 2.15. The fourth-order valence-electron chi connectivity index (χ4n) is 1.98. The number of hydrogen-bond donors (Lipinski definition) is 1. The summed E-state index contributed by atoms with van der Waals surface area (Å²) < 4.78 is 23.7. The Labute approximate surface area is 141 Å². The minimum Gasteiger partial charge on any atom is -0.335 e. The van der Waals surface area contributed by atoms with Crippen LogP contribution in [0.15, 0.2) is 29.4 Å². The highest BCUT2D eigenvalue weighted by molar-refractivity contribution is 8.00. The van der Waals surface area contributed by atoms with E-state index in [2.05, 4.69) is 43.1 Å². The number of sulfone groups is 1. The first kappa shape index (κ1) is 17.8. The first-order valence-corrected chi connectivity index (χ1v) is 10.2. The van der Waals surface area contributed by atoms with Crippen molar-refractivity contribution in [3.63, 3.8) is 0 Å². The smallest absolute Gasteiger partial charge is 0.210 e. The van der Waals surface area contributed by atoms with Gasteiger partial charge in [0, 0.05) is 17.6 Å². The summed E-state index contributed by atoms with van der Waals surface area (Å²) in [5.74, 6) is 7.08. The lowest BCUT2D eigenvalue weighted by atomic mass is 9.87. The number of rotatable bonds is 5. The molecule has 0 aliphatic carbocycles. The number of nitrogens with two attached hydrogens (primary N) is 1. The van der Waals surface area contributed by atoms with Gasteiger partial charge in [0.15, 0.2) is 5.82 Å².